The van der Waals surface area contributed by atoms with E-state index < -0.39 is 11.7 Å². The van der Waals surface area contributed by atoms with Crippen molar-refractivity contribution in [3.05, 3.63) is 35.4 Å². The normalized spacial score (nSPS) is 10.9. The first-order valence-corrected chi connectivity index (χ1v) is 3.84. The molecule has 0 aromatic heterocycles. The van der Waals surface area contributed by atoms with Crippen molar-refractivity contribution in [3.8, 4) is 0 Å². The van der Waals surface area contributed by atoms with E-state index >= 15 is 0 Å². The second kappa shape index (κ2) is 3.68. The van der Waals surface area contributed by atoms with E-state index in [1.807, 2.05) is 0 Å². The van der Waals surface area contributed by atoms with Crippen LogP contribution < -0.4 is 0 Å². The summed E-state index contributed by atoms with van der Waals surface area (Å²) in [5, 5.41) is 0. The summed E-state index contributed by atoms with van der Waals surface area (Å²) in [6, 6.07) is 4.39. The summed E-state index contributed by atoms with van der Waals surface area (Å²) in [6.45, 7) is 1.50. The van der Waals surface area contributed by atoms with Crippen LogP contribution in [0.2, 0.25) is 0 Å². The summed E-state index contributed by atoms with van der Waals surface area (Å²) in [7, 11) is 0. The summed E-state index contributed by atoms with van der Waals surface area (Å²) < 4.78 is 36.4. The fourth-order valence-corrected chi connectivity index (χ4v) is 0.968. The first kappa shape index (κ1) is 10.5. The van der Waals surface area contributed by atoms with Crippen LogP contribution in [0.25, 0.3) is 5.57 Å². The summed E-state index contributed by atoms with van der Waals surface area (Å²) in [6.07, 6.45) is -4.34. The highest BCUT2D eigenvalue weighted by atomic mass is 19.4. The van der Waals surface area contributed by atoms with Gasteiger partial charge in [-0.3, -0.25) is 0 Å². The number of carbonyl (C=O) groups excluding carboxylic acids is 1. The van der Waals surface area contributed by atoms with Crippen LogP contribution in [0.1, 0.15) is 18.1 Å². The molecule has 0 amide bonds. The molecule has 0 radical (unpaired) electrons. The smallest absolute Gasteiger partial charge is 0.233 e. The third-order valence-corrected chi connectivity index (χ3v) is 1.80. The molecule has 0 aliphatic heterocycles. The predicted octanol–water partition coefficient (Wildman–Crippen LogP) is 2.94. The number of hydrogen-bond acceptors (Lipinski definition) is 1. The molecule has 0 heterocycles. The van der Waals surface area contributed by atoms with E-state index in [0.29, 0.717) is 11.1 Å². The molecule has 0 saturated heterocycles. The molecule has 0 unspecified atom stereocenters. The Morgan fingerprint density at radius 2 is 1.71 bits per heavy atom. The fraction of sp³-hybridized carbons (Fsp3) is 0.200. The maximum Gasteiger partial charge on any atom is 0.416 e. The Morgan fingerprint density at radius 3 is 2.07 bits per heavy atom. The molecule has 1 nitrogen and oxygen atoms in total. The van der Waals surface area contributed by atoms with Crippen molar-refractivity contribution >= 4 is 11.5 Å². The van der Waals surface area contributed by atoms with E-state index in [9.17, 15) is 18.0 Å². The molecule has 0 N–H and O–H groups in total. The molecule has 0 atom stereocenters. The van der Waals surface area contributed by atoms with Crippen molar-refractivity contribution in [2.45, 2.75) is 13.1 Å². The van der Waals surface area contributed by atoms with E-state index in [1.165, 1.54) is 19.1 Å². The Bertz CT molecular complexity index is 369. The van der Waals surface area contributed by atoms with Crippen LogP contribution in [0.15, 0.2) is 24.3 Å². The Morgan fingerprint density at radius 1 is 1.21 bits per heavy atom. The molecular formula is C10H7F3O. The van der Waals surface area contributed by atoms with E-state index in [1.54, 1.807) is 5.94 Å². The van der Waals surface area contributed by atoms with Crippen molar-refractivity contribution < 1.29 is 18.0 Å². The number of allylic oxidation sites excluding steroid dienone is 1. The average molecular weight is 200 g/mol. The Hall–Kier alpha value is -1.54. The number of hydrogen-bond donors (Lipinski definition) is 0. The summed E-state index contributed by atoms with van der Waals surface area (Å²) in [5.41, 5.74) is 0.0201. The lowest BCUT2D eigenvalue weighted by Gasteiger charge is -2.06. The lowest BCUT2D eigenvalue weighted by Crippen LogP contribution is -2.04. The zero-order chi connectivity index (χ0) is 10.8. The highest BCUT2D eigenvalue weighted by Gasteiger charge is 2.29. The quantitative estimate of drug-likeness (QED) is 0.637. The van der Waals surface area contributed by atoms with Crippen molar-refractivity contribution in [3.63, 3.8) is 0 Å². The number of rotatable bonds is 1. The van der Waals surface area contributed by atoms with Gasteiger partial charge in [0.25, 0.3) is 0 Å². The third kappa shape index (κ3) is 2.24. The lowest BCUT2D eigenvalue weighted by atomic mass is 10.1. The van der Waals surface area contributed by atoms with Gasteiger partial charge in [0, 0.05) is 5.57 Å². The standard InChI is InChI=1S/C10H7F3O/c1-7(6-14)8-2-4-9(5-3-8)10(11,12)13/h2-5H,1H3. The van der Waals surface area contributed by atoms with Gasteiger partial charge in [0.05, 0.1) is 5.56 Å². The van der Waals surface area contributed by atoms with E-state index in [4.69, 9.17) is 0 Å². The first-order chi connectivity index (χ1) is 6.45. The average Bonchev–Trinajstić information content (AvgIpc) is 2.15. The molecule has 1 rings (SSSR count). The molecule has 0 spiro atoms. The van der Waals surface area contributed by atoms with Crippen molar-refractivity contribution in [2.75, 3.05) is 0 Å². The van der Waals surface area contributed by atoms with Gasteiger partial charge in [0.15, 0.2) is 0 Å². The Balaban J connectivity index is 3.07. The molecule has 4 heteroatoms. The van der Waals surface area contributed by atoms with E-state index in [2.05, 4.69) is 0 Å². The third-order valence-electron chi connectivity index (χ3n) is 1.80. The van der Waals surface area contributed by atoms with Crippen LogP contribution in [0, 0.1) is 0 Å². The molecule has 0 bridgehead atoms. The largest absolute Gasteiger partial charge is 0.416 e. The van der Waals surface area contributed by atoms with E-state index in [-0.39, 0.29) is 0 Å². The second-order valence-electron chi connectivity index (χ2n) is 2.80. The van der Waals surface area contributed by atoms with Gasteiger partial charge in [-0.1, -0.05) is 12.1 Å². The minimum atomic E-state index is -4.34. The van der Waals surface area contributed by atoms with Crippen molar-refractivity contribution in [2.24, 2.45) is 0 Å². The minimum absolute atomic E-state index is 0.290. The number of alkyl halides is 3. The summed E-state index contributed by atoms with van der Waals surface area (Å²) in [5.74, 6) is 1.62. The molecular weight excluding hydrogens is 193 g/mol. The van der Waals surface area contributed by atoms with Gasteiger partial charge >= 0.3 is 6.18 Å². The molecule has 0 aliphatic rings. The minimum Gasteiger partial charge on any atom is -0.233 e. The lowest BCUT2D eigenvalue weighted by molar-refractivity contribution is -0.137. The maximum absolute atomic E-state index is 12.1. The van der Waals surface area contributed by atoms with Crippen LogP contribution in [0.5, 0.6) is 0 Å². The first-order valence-electron chi connectivity index (χ1n) is 3.84. The van der Waals surface area contributed by atoms with Crippen LogP contribution in [-0.2, 0) is 11.0 Å². The summed E-state index contributed by atoms with van der Waals surface area (Å²) >= 11 is 0. The van der Waals surface area contributed by atoms with Gasteiger partial charge in [0.2, 0.25) is 0 Å². The number of halogens is 3. The van der Waals surface area contributed by atoms with E-state index in [0.717, 1.165) is 12.1 Å². The zero-order valence-electron chi connectivity index (χ0n) is 7.35. The van der Waals surface area contributed by atoms with Crippen molar-refractivity contribution in [1.29, 1.82) is 0 Å². The predicted molar refractivity (Wildman–Crippen MR) is 46.2 cm³/mol. The zero-order valence-corrected chi connectivity index (χ0v) is 7.35. The molecule has 74 valence electrons. The molecule has 14 heavy (non-hydrogen) atoms. The SMILES string of the molecule is CC(=C=O)c1ccc(C(F)(F)F)cc1. The highest BCUT2D eigenvalue weighted by Crippen LogP contribution is 2.29. The molecule has 0 saturated carbocycles. The van der Waals surface area contributed by atoms with Gasteiger partial charge in [0.1, 0.15) is 5.94 Å². The van der Waals surface area contributed by atoms with Crippen LogP contribution in [0.3, 0.4) is 0 Å². The Kier molecular flexibility index (Phi) is 2.77. The topological polar surface area (TPSA) is 17.1 Å². The maximum atomic E-state index is 12.1. The van der Waals surface area contributed by atoms with Crippen LogP contribution in [-0.4, -0.2) is 5.94 Å². The fourth-order valence-electron chi connectivity index (χ4n) is 0.968. The highest BCUT2D eigenvalue weighted by molar-refractivity contribution is 5.86. The molecule has 0 aliphatic carbocycles. The van der Waals surface area contributed by atoms with Gasteiger partial charge in [-0.25, -0.2) is 4.79 Å². The van der Waals surface area contributed by atoms with Crippen LogP contribution >= 0.6 is 0 Å². The monoisotopic (exact) mass is 200 g/mol. The van der Waals surface area contributed by atoms with Gasteiger partial charge in [-0.2, -0.15) is 13.2 Å². The molecule has 1 aromatic carbocycles. The van der Waals surface area contributed by atoms with Gasteiger partial charge in [-0.15, -0.1) is 0 Å². The Labute approximate surface area is 78.9 Å². The van der Waals surface area contributed by atoms with Crippen LogP contribution in [0.4, 0.5) is 13.2 Å². The summed E-state index contributed by atoms with van der Waals surface area (Å²) in [4.78, 5) is 10.2. The molecule has 1 aromatic rings. The second-order valence-corrected chi connectivity index (χ2v) is 2.80. The van der Waals surface area contributed by atoms with Gasteiger partial charge in [-0.05, 0) is 24.6 Å². The van der Waals surface area contributed by atoms with Gasteiger partial charge < -0.3 is 0 Å². The van der Waals surface area contributed by atoms with Crippen molar-refractivity contribution in [1.82, 2.24) is 0 Å². The molecule has 0 fully saturated rings. The number of benzene rings is 1.